The summed E-state index contributed by atoms with van der Waals surface area (Å²) in [5.41, 5.74) is 5.97. The zero-order chi connectivity index (χ0) is 13.6. The number of hydrogen-bond acceptors (Lipinski definition) is 4. The van der Waals surface area contributed by atoms with Crippen LogP contribution >= 0.6 is 11.3 Å². The van der Waals surface area contributed by atoms with Gasteiger partial charge < -0.3 is 10.5 Å². The standard InChI is InChI=1S/C14H26N2OS/c1-12(10-13-6-5-9-18-13)16(3)14(2,11-15)7-8-17-4/h5-6,9,12H,7-8,10-11,15H2,1-4H3. The lowest BCUT2D eigenvalue weighted by atomic mass is 9.94. The maximum Gasteiger partial charge on any atom is 0.0480 e. The lowest BCUT2D eigenvalue weighted by Crippen LogP contribution is -2.54. The van der Waals surface area contributed by atoms with Crippen molar-refractivity contribution in [3.05, 3.63) is 22.4 Å². The van der Waals surface area contributed by atoms with Crippen molar-refractivity contribution in [1.29, 1.82) is 0 Å². The lowest BCUT2D eigenvalue weighted by Gasteiger charge is -2.42. The van der Waals surface area contributed by atoms with Gasteiger partial charge in [0.25, 0.3) is 0 Å². The molecule has 0 aliphatic heterocycles. The molecule has 1 heterocycles. The molecule has 0 spiro atoms. The third kappa shape index (κ3) is 4.05. The Hall–Kier alpha value is -0.420. The zero-order valence-electron chi connectivity index (χ0n) is 12.0. The fraction of sp³-hybridized carbons (Fsp3) is 0.714. The first-order chi connectivity index (χ1) is 8.53. The highest BCUT2D eigenvalue weighted by molar-refractivity contribution is 7.09. The van der Waals surface area contributed by atoms with Crippen LogP contribution in [-0.4, -0.2) is 43.8 Å². The largest absolute Gasteiger partial charge is 0.385 e. The molecule has 2 atom stereocenters. The zero-order valence-corrected chi connectivity index (χ0v) is 12.8. The van der Waals surface area contributed by atoms with Crippen LogP contribution in [0, 0.1) is 0 Å². The first-order valence-electron chi connectivity index (χ1n) is 6.48. The van der Waals surface area contributed by atoms with E-state index in [-0.39, 0.29) is 5.54 Å². The van der Waals surface area contributed by atoms with Gasteiger partial charge in [0.1, 0.15) is 0 Å². The quantitative estimate of drug-likeness (QED) is 0.788. The molecule has 0 aliphatic carbocycles. The van der Waals surface area contributed by atoms with Gasteiger partial charge >= 0.3 is 0 Å². The molecule has 2 unspecified atom stereocenters. The summed E-state index contributed by atoms with van der Waals surface area (Å²) in [5.74, 6) is 0. The van der Waals surface area contributed by atoms with Gasteiger partial charge in [0.15, 0.2) is 0 Å². The van der Waals surface area contributed by atoms with Gasteiger partial charge in [-0.3, -0.25) is 4.90 Å². The second-order valence-corrected chi connectivity index (χ2v) is 6.22. The van der Waals surface area contributed by atoms with Crippen LogP contribution in [0.2, 0.25) is 0 Å². The normalized spacial score (nSPS) is 16.8. The summed E-state index contributed by atoms with van der Waals surface area (Å²) in [6.07, 6.45) is 2.04. The highest BCUT2D eigenvalue weighted by atomic mass is 32.1. The van der Waals surface area contributed by atoms with Crippen molar-refractivity contribution in [2.24, 2.45) is 5.73 Å². The van der Waals surface area contributed by atoms with Crippen LogP contribution in [0.15, 0.2) is 17.5 Å². The van der Waals surface area contributed by atoms with Crippen molar-refractivity contribution >= 4 is 11.3 Å². The van der Waals surface area contributed by atoms with Crippen LogP contribution in [0.25, 0.3) is 0 Å². The molecule has 1 rings (SSSR count). The van der Waals surface area contributed by atoms with E-state index < -0.39 is 0 Å². The molecule has 0 bridgehead atoms. The highest BCUT2D eigenvalue weighted by Crippen LogP contribution is 2.22. The third-order valence-corrected chi connectivity index (χ3v) is 4.77. The minimum Gasteiger partial charge on any atom is -0.385 e. The highest BCUT2D eigenvalue weighted by Gasteiger charge is 2.30. The second kappa shape index (κ2) is 7.24. The van der Waals surface area contributed by atoms with Crippen LogP contribution in [0.5, 0.6) is 0 Å². The molecule has 4 heteroatoms. The predicted octanol–water partition coefficient (Wildman–Crippen LogP) is 2.36. The Balaban J connectivity index is 2.61. The molecule has 0 amide bonds. The fourth-order valence-electron chi connectivity index (χ4n) is 2.13. The summed E-state index contributed by atoms with van der Waals surface area (Å²) in [5, 5.41) is 2.13. The van der Waals surface area contributed by atoms with Crippen LogP contribution in [0.4, 0.5) is 0 Å². The van der Waals surface area contributed by atoms with E-state index in [0.29, 0.717) is 12.6 Å². The minimum atomic E-state index is 0.00663. The topological polar surface area (TPSA) is 38.5 Å². The van der Waals surface area contributed by atoms with Crippen LogP contribution in [-0.2, 0) is 11.2 Å². The number of nitrogens with zero attached hydrogens (tertiary/aromatic N) is 1. The van der Waals surface area contributed by atoms with E-state index in [0.717, 1.165) is 19.4 Å². The molecule has 2 N–H and O–H groups in total. The Morgan fingerprint density at radius 2 is 2.28 bits per heavy atom. The number of likely N-dealkylation sites (N-methyl/N-ethyl adjacent to an activating group) is 1. The molecule has 18 heavy (non-hydrogen) atoms. The van der Waals surface area contributed by atoms with Gasteiger partial charge in [-0.1, -0.05) is 6.07 Å². The number of hydrogen-bond donors (Lipinski definition) is 1. The summed E-state index contributed by atoms with van der Waals surface area (Å²) in [6, 6.07) is 4.79. The number of rotatable bonds is 8. The summed E-state index contributed by atoms with van der Waals surface area (Å²) in [4.78, 5) is 3.83. The Bertz CT molecular complexity index is 329. The van der Waals surface area contributed by atoms with Crippen molar-refractivity contribution < 1.29 is 4.74 Å². The van der Waals surface area contributed by atoms with Crippen LogP contribution in [0.1, 0.15) is 25.1 Å². The molecule has 104 valence electrons. The summed E-state index contributed by atoms with van der Waals surface area (Å²) in [7, 11) is 3.91. The summed E-state index contributed by atoms with van der Waals surface area (Å²) in [6.45, 7) is 5.89. The van der Waals surface area contributed by atoms with Gasteiger partial charge in [-0.2, -0.15) is 0 Å². The summed E-state index contributed by atoms with van der Waals surface area (Å²) < 4.78 is 5.19. The molecule has 0 saturated heterocycles. The Labute approximate surface area is 115 Å². The van der Waals surface area contributed by atoms with Gasteiger partial charge in [-0.15, -0.1) is 11.3 Å². The molecule has 3 nitrogen and oxygen atoms in total. The van der Waals surface area contributed by atoms with Gasteiger partial charge in [0.2, 0.25) is 0 Å². The molecule has 0 fully saturated rings. The predicted molar refractivity (Wildman–Crippen MR) is 79.2 cm³/mol. The molecule has 0 saturated carbocycles. The number of methoxy groups -OCH3 is 1. The van der Waals surface area contributed by atoms with Crippen molar-refractivity contribution in [2.45, 2.75) is 38.3 Å². The van der Waals surface area contributed by atoms with Gasteiger partial charge in [-0.05, 0) is 45.2 Å². The first kappa shape index (κ1) is 15.6. The monoisotopic (exact) mass is 270 g/mol. The van der Waals surface area contributed by atoms with Gasteiger partial charge in [0, 0.05) is 36.7 Å². The van der Waals surface area contributed by atoms with E-state index in [1.807, 2.05) is 11.3 Å². The molecular weight excluding hydrogens is 244 g/mol. The van der Waals surface area contributed by atoms with Crippen LogP contribution in [0.3, 0.4) is 0 Å². The van der Waals surface area contributed by atoms with Crippen molar-refractivity contribution in [3.63, 3.8) is 0 Å². The fourth-order valence-corrected chi connectivity index (χ4v) is 2.96. The van der Waals surface area contributed by atoms with Crippen molar-refractivity contribution in [2.75, 3.05) is 27.3 Å². The maximum atomic E-state index is 5.97. The van der Waals surface area contributed by atoms with Crippen molar-refractivity contribution in [3.8, 4) is 0 Å². The first-order valence-corrected chi connectivity index (χ1v) is 7.36. The van der Waals surface area contributed by atoms with E-state index in [4.69, 9.17) is 10.5 Å². The number of ether oxygens (including phenoxy) is 1. The molecule has 0 aliphatic rings. The van der Waals surface area contributed by atoms with E-state index in [1.54, 1.807) is 7.11 Å². The minimum absolute atomic E-state index is 0.00663. The number of thiophene rings is 1. The number of nitrogens with two attached hydrogens (primary N) is 1. The van der Waals surface area contributed by atoms with Gasteiger partial charge in [0.05, 0.1) is 0 Å². The Morgan fingerprint density at radius 1 is 1.56 bits per heavy atom. The molecular formula is C14H26N2OS. The van der Waals surface area contributed by atoms with Crippen LogP contribution < -0.4 is 5.73 Å². The van der Waals surface area contributed by atoms with E-state index in [9.17, 15) is 0 Å². The molecule has 0 aromatic carbocycles. The molecule has 1 aromatic rings. The second-order valence-electron chi connectivity index (χ2n) is 5.19. The average molecular weight is 270 g/mol. The van der Waals surface area contributed by atoms with Gasteiger partial charge in [-0.25, -0.2) is 0 Å². The van der Waals surface area contributed by atoms with Crippen molar-refractivity contribution in [1.82, 2.24) is 4.90 Å². The third-order valence-electron chi connectivity index (χ3n) is 3.87. The SMILES string of the molecule is COCCC(C)(CN)N(C)C(C)Cc1cccs1. The Kier molecular flexibility index (Phi) is 6.29. The smallest absolute Gasteiger partial charge is 0.0480 e. The molecule has 1 aromatic heterocycles. The molecule has 0 radical (unpaired) electrons. The summed E-state index contributed by atoms with van der Waals surface area (Å²) >= 11 is 1.82. The van der Waals surface area contributed by atoms with E-state index >= 15 is 0 Å². The lowest BCUT2D eigenvalue weighted by molar-refractivity contribution is 0.0622. The van der Waals surface area contributed by atoms with E-state index in [1.165, 1.54) is 4.88 Å². The maximum absolute atomic E-state index is 5.97. The van der Waals surface area contributed by atoms with E-state index in [2.05, 4.69) is 43.3 Å². The average Bonchev–Trinajstić information content (AvgIpc) is 2.87. The Morgan fingerprint density at radius 3 is 2.78 bits per heavy atom.